The van der Waals surface area contributed by atoms with E-state index in [0.29, 0.717) is 70.8 Å². The van der Waals surface area contributed by atoms with Crippen LogP contribution in [0, 0.1) is 0 Å². The molecule has 131 heavy (non-hydrogen) atoms. The third-order valence-electron chi connectivity index (χ3n) is 27.8. The molecule has 0 spiro atoms. The summed E-state index contributed by atoms with van der Waals surface area (Å²) in [4.78, 5) is 291. The van der Waals surface area contributed by atoms with Crippen molar-refractivity contribution in [3.05, 3.63) is 0 Å². The number of hydrogen-bond acceptors (Lipinski definition) is 28. The van der Waals surface area contributed by atoms with Crippen LogP contribution in [0.25, 0.3) is 0 Å². The van der Waals surface area contributed by atoms with Crippen molar-refractivity contribution in [1.29, 1.82) is 0 Å². The highest BCUT2D eigenvalue weighted by Crippen LogP contribution is 2.34. The first-order valence-corrected chi connectivity index (χ1v) is 45.9. The van der Waals surface area contributed by atoms with Crippen molar-refractivity contribution >= 4 is 118 Å². The van der Waals surface area contributed by atoms with E-state index in [4.69, 9.17) is 5.73 Å². The Morgan fingerprint density at radius 1 is 0.298 bits per heavy atom. The van der Waals surface area contributed by atoms with Gasteiger partial charge in [-0.1, -0.05) is 0 Å². The summed E-state index contributed by atoms with van der Waals surface area (Å²) < 4.78 is 0. The number of unbranched alkanes of at least 4 members (excludes halogenated alkanes) is 1. The van der Waals surface area contributed by atoms with E-state index in [2.05, 4.69) is 42.5 Å². The molecule has 13 fully saturated rings. The number of aliphatic hydroxyl groups is 6. The average molecular weight is 1850 g/mol. The van der Waals surface area contributed by atoms with E-state index in [-0.39, 0.29) is 174 Å². The summed E-state index contributed by atoms with van der Waals surface area (Å²) in [6.45, 7) is -4.11. The molecule has 19 amide bonds. The van der Waals surface area contributed by atoms with Gasteiger partial charge in [-0.2, -0.15) is 0 Å². The molecule has 20 atom stereocenters. The van der Waals surface area contributed by atoms with E-state index in [0.717, 1.165) is 24.5 Å². The van der Waals surface area contributed by atoms with Crippen molar-refractivity contribution in [2.24, 2.45) is 5.73 Å². The molecule has 0 aliphatic carbocycles. The third-order valence-corrected chi connectivity index (χ3v) is 27.8. The van der Waals surface area contributed by atoms with E-state index in [1.165, 1.54) is 34.3 Å². The molecule has 0 aromatic carbocycles. The Hall–Kier alpha value is -10.9. The van der Waals surface area contributed by atoms with E-state index < -0.39 is 273 Å². The number of carbonyl (C=O) groups is 20. The highest BCUT2D eigenvalue weighted by Gasteiger charge is 2.53. The van der Waals surface area contributed by atoms with Gasteiger partial charge in [0.1, 0.15) is 78.5 Å². The van der Waals surface area contributed by atoms with Gasteiger partial charge in [-0.15, -0.1) is 0 Å². The summed E-state index contributed by atoms with van der Waals surface area (Å²) >= 11 is 0. The maximum atomic E-state index is 14.5. The summed E-state index contributed by atoms with van der Waals surface area (Å²) in [5.41, 5.74) is 5.77. The number of likely N-dealkylation sites (tertiary alicyclic amines) is 12. The van der Waals surface area contributed by atoms with Crippen molar-refractivity contribution in [2.45, 2.75) is 269 Å². The van der Waals surface area contributed by atoms with Crippen LogP contribution in [-0.2, 0) is 95.9 Å². The zero-order chi connectivity index (χ0) is 94.1. The molecule has 13 aliphatic heterocycles. The smallest absolute Gasteiger partial charge is 0.326 e. The highest BCUT2D eigenvalue weighted by molar-refractivity contribution is 6.02. The fourth-order valence-corrected chi connectivity index (χ4v) is 21.2. The lowest BCUT2D eigenvalue weighted by molar-refractivity contribution is -0.151. The first-order chi connectivity index (χ1) is 62.6. The second kappa shape index (κ2) is 43.2. The van der Waals surface area contributed by atoms with Crippen LogP contribution in [0.1, 0.15) is 148 Å². The molecule has 17 N–H and O–H groups in total. The molecule has 0 unspecified atom stereocenters. The first-order valence-electron chi connectivity index (χ1n) is 45.9. The number of carbonyl (C=O) groups excluding carboxylic acids is 19. The Kier molecular flexibility index (Phi) is 32.2. The summed E-state index contributed by atoms with van der Waals surface area (Å²) in [7, 11) is 0. The van der Waals surface area contributed by atoms with Gasteiger partial charge in [0.25, 0.3) is 0 Å². The lowest BCUT2D eigenvalue weighted by atomic mass is 10.1. The number of carboxylic acid groups (broad SMARTS) is 1. The van der Waals surface area contributed by atoms with Crippen molar-refractivity contribution in [3.8, 4) is 0 Å². The van der Waals surface area contributed by atoms with Crippen LogP contribution in [0.5, 0.6) is 0 Å². The Bertz CT molecular complexity index is 4400. The summed E-state index contributed by atoms with van der Waals surface area (Å²) in [6.07, 6.45) is -2.43. The molecule has 0 saturated carbocycles. The van der Waals surface area contributed by atoms with E-state index in [9.17, 15) is 132 Å². The summed E-state index contributed by atoms with van der Waals surface area (Å²) in [5, 5.41) is 94.5. The lowest BCUT2D eigenvalue weighted by Gasteiger charge is -2.32. The van der Waals surface area contributed by atoms with Gasteiger partial charge in [0.15, 0.2) is 0 Å². The van der Waals surface area contributed by atoms with Crippen molar-refractivity contribution in [1.82, 2.24) is 101 Å². The van der Waals surface area contributed by atoms with Crippen molar-refractivity contribution < 1.29 is 132 Å². The minimum atomic E-state index is -1.32. The average Bonchev–Trinajstić information content (AvgIpc) is 1.69. The number of aliphatic carboxylic acids is 1. The van der Waals surface area contributed by atoms with Crippen LogP contribution in [0.3, 0.4) is 0 Å². The molecule has 0 aromatic rings. The molecule has 13 aliphatic rings. The largest absolute Gasteiger partial charge is 0.480 e. The van der Waals surface area contributed by atoms with E-state index in [1.54, 1.807) is 0 Å². The third kappa shape index (κ3) is 22.2. The van der Waals surface area contributed by atoms with Gasteiger partial charge >= 0.3 is 5.97 Å². The number of aliphatic hydroxyl groups excluding tert-OH is 6. The van der Waals surface area contributed by atoms with Gasteiger partial charge in [-0.05, 0) is 122 Å². The standard InChI is InChI=1S/C83H123N21O27/c84-18-2-1-10-50(76(123)93-19-3-11-52(93)71(118)87-35-69(116)104-43-49(110)31-63(104)82(129)99-25-9-17-58(99)83(130)131)92-64(111)33-86-70(117)54-13-5-21-95(54)78(125)59-27-45(106)39-100(59)66(113)36-89-73(120)56-15-7-23-97(56)80(127)61-29-47(108)41-102(61)68(115)38-91-75(122)57-16-8-24-98(57)81(128)62-30-48(109)42-103(62)67(114)37-90-74(121)55-14-6-22-96(55)79(126)60-28-46(107)40-101(60)65(112)34-88-72(119)53-12-4-20-94(53)77(124)51-26-44(105)32-85-51/h44-63,85,105-110H,1-43,84H2,(H,86,117)(H,87,118)(H,88,119)(H,89,120)(H,90,121)(H,91,122)(H,92,111)(H,130,131)/t44-,45-,46-,47-,48-,49-,50+,51+,52+,53+,54+,55+,56+,57+,58+,59+,60+,61+,62+,63+/m1/s1. The fraction of sp³-hybridized carbons (Fsp3) is 0.759. The number of carboxylic acids is 1. The van der Waals surface area contributed by atoms with Gasteiger partial charge in [0.05, 0.1) is 81.9 Å². The molecule has 13 heterocycles. The lowest BCUT2D eigenvalue weighted by Crippen LogP contribution is -2.57. The van der Waals surface area contributed by atoms with Gasteiger partial charge in [-0.3, -0.25) is 91.1 Å². The molecule has 13 saturated heterocycles. The molecule has 0 radical (unpaired) electrons. The predicted molar refractivity (Wildman–Crippen MR) is 447 cm³/mol. The molecule has 48 heteroatoms. The summed E-state index contributed by atoms with van der Waals surface area (Å²) in [6, 6.07) is -15.8. The quantitative estimate of drug-likeness (QED) is 0.0287. The number of nitrogens with two attached hydrogens (primary N) is 1. The zero-order valence-corrected chi connectivity index (χ0v) is 73.2. The molecule has 722 valence electrons. The first kappa shape index (κ1) is 97.6. The molecular formula is C83H123N21O27. The van der Waals surface area contributed by atoms with Crippen LogP contribution in [-0.4, -0.2) is 465 Å². The SMILES string of the molecule is NCCCC[C@H](NC(=O)CNC(=O)[C@@H]1CCCN1C(=O)[C@@H]1C[C@@H](O)CN1C(=O)CNC(=O)[C@@H]1CCCN1C(=O)[C@@H]1C[C@@H](O)CN1C(=O)CNC(=O)[C@@H]1CCCN1C(=O)[C@@H]1C[C@@H](O)CN1C(=O)CNC(=O)[C@@H]1CCCN1C(=O)[C@@H]1C[C@@H](O)CN1C(=O)CNC(=O)[C@@H]1CCCN1C(=O)[C@@H]1C[C@@H](O)CN1)C(=O)N1CCC[C@H]1C(=O)NCC(=O)N1C[C@H](O)C[C@H]1C(=O)N1CCC[C@H]1C(=O)O. The van der Waals surface area contributed by atoms with Crippen LogP contribution < -0.4 is 48.3 Å². The summed E-state index contributed by atoms with van der Waals surface area (Å²) in [5.74, 6) is -14.4. The normalized spacial score (nSPS) is 30.2. The molecule has 13 rings (SSSR count). The van der Waals surface area contributed by atoms with Crippen LogP contribution >= 0.6 is 0 Å². The van der Waals surface area contributed by atoms with Gasteiger partial charge in [0, 0.05) is 117 Å². The monoisotopic (exact) mass is 1850 g/mol. The fourth-order valence-electron chi connectivity index (χ4n) is 21.2. The Balaban J connectivity index is 0.538. The second-order valence-electron chi connectivity index (χ2n) is 36.5. The second-order valence-corrected chi connectivity index (χ2v) is 36.5. The maximum Gasteiger partial charge on any atom is 0.326 e. The molecule has 48 nitrogen and oxygen atoms in total. The van der Waals surface area contributed by atoms with Crippen LogP contribution in [0.15, 0.2) is 0 Å². The number of rotatable bonds is 31. The van der Waals surface area contributed by atoms with Crippen LogP contribution in [0.2, 0.25) is 0 Å². The van der Waals surface area contributed by atoms with Gasteiger partial charge in [-0.25, -0.2) is 4.79 Å². The van der Waals surface area contributed by atoms with Gasteiger partial charge < -0.3 is 143 Å². The minimum Gasteiger partial charge on any atom is -0.480 e. The van der Waals surface area contributed by atoms with Crippen molar-refractivity contribution in [3.63, 3.8) is 0 Å². The van der Waals surface area contributed by atoms with Gasteiger partial charge in [0.2, 0.25) is 112 Å². The number of amides is 19. The van der Waals surface area contributed by atoms with Crippen molar-refractivity contribution in [2.75, 3.05) is 131 Å². The molecule has 0 bridgehead atoms. The van der Waals surface area contributed by atoms with Crippen LogP contribution in [0.4, 0.5) is 0 Å². The number of hydrogen-bond donors (Lipinski definition) is 16. The topological polar surface area (TPSA) is 644 Å². The number of nitrogens with one attached hydrogen (secondary N) is 8. The zero-order valence-electron chi connectivity index (χ0n) is 73.2. The minimum absolute atomic E-state index is 0.0287. The number of β-amino-alcohol motifs (C(OH)–C–C–N with tert-alkyl or cyclic N) is 6. The highest BCUT2D eigenvalue weighted by atomic mass is 16.4. The predicted octanol–water partition coefficient (Wildman–Crippen LogP) is -12.1. The van der Waals surface area contributed by atoms with E-state index >= 15 is 0 Å². The maximum absolute atomic E-state index is 14.5. The van der Waals surface area contributed by atoms with E-state index in [1.807, 2.05) is 0 Å². The number of nitrogens with zero attached hydrogens (tertiary/aromatic N) is 12. The Morgan fingerprint density at radius 3 is 0.817 bits per heavy atom. The molecular weight excluding hydrogens is 1720 g/mol. The molecule has 0 aromatic heterocycles. The Morgan fingerprint density at radius 2 is 0.550 bits per heavy atom. The Labute approximate surface area is 753 Å².